The third kappa shape index (κ3) is 4.11. The number of nitrogen functional groups attached to an aromatic ring is 1. The molecule has 4 rings (SSSR count). The van der Waals surface area contributed by atoms with Gasteiger partial charge in [0.1, 0.15) is 23.0 Å². The van der Waals surface area contributed by atoms with Gasteiger partial charge in [-0.2, -0.15) is 5.10 Å². The Balaban J connectivity index is 1.86. The molecule has 34 heavy (non-hydrogen) atoms. The van der Waals surface area contributed by atoms with Gasteiger partial charge in [-0.1, -0.05) is 47.3 Å². The van der Waals surface area contributed by atoms with Gasteiger partial charge in [-0.25, -0.2) is 4.98 Å². The van der Waals surface area contributed by atoms with E-state index in [0.29, 0.717) is 58.2 Å². The maximum atomic E-state index is 12.1. The molecule has 8 nitrogen and oxygen atoms in total. The lowest BCUT2D eigenvalue weighted by Gasteiger charge is -2.15. The zero-order valence-electron chi connectivity index (χ0n) is 18.4. The first-order valence-corrected chi connectivity index (χ1v) is 11.3. The van der Waals surface area contributed by atoms with Crippen molar-refractivity contribution in [1.82, 2.24) is 19.7 Å². The predicted octanol–water partition coefficient (Wildman–Crippen LogP) is 4.35. The number of ether oxygens (including phenoxy) is 2. The van der Waals surface area contributed by atoms with Crippen LogP contribution in [0, 0.1) is 11.8 Å². The van der Waals surface area contributed by atoms with Crippen molar-refractivity contribution >= 4 is 57.4 Å². The first-order chi connectivity index (χ1) is 16.3. The highest BCUT2D eigenvalue weighted by Crippen LogP contribution is 2.40. The third-order valence-corrected chi connectivity index (χ3v) is 6.61. The highest BCUT2D eigenvalue weighted by Gasteiger charge is 2.30. The fourth-order valence-electron chi connectivity index (χ4n) is 3.90. The summed E-state index contributed by atoms with van der Waals surface area (Å²) in [7, 11) is 2.97. The SMILES string of the molecule is C=CC(=O)N1CC[C@H](n2nc(C#Cc3c(Cl)c(OC)cc(OC)c3Cl)c3c(N)ncc(Cl)c32)C1. The van der Waals surface area contributed by atoms with E-state index in [1.54, 1.807) is 15.6 Å². The van der Waals surface area contributed by atoms with Crippen LogP contribution in [0.25, 0.3) is 10.9 Å². The number of anilines is 1. The van der Waals surface area contributed by atoms with Crippen LogP contribution in [0.4, 0.5) is 5.82 Å². The van der Waals surface area contributed by atoms with Gasteiger partial charge in [0.25, 0.3) is 0 Å². The van der Waals surface area contributed by atoms with E-state index in [-0.39, 0.29) is 27.8 Å². The van der Waals surface area contributed by atoms with Gasteiger partial charge < -0.3 is 20.1 Å². The number of likely N-dealkylation sites (tertiary alicyclic amines) is 1. The number of rotatable bonds is 4. The van der Waals surface area contributed by atoms with Crippen molar-refractivity contribution in [1.29, 1.82) is 0 Å². The molecule has 3 heterocycles. The Labute approximate surface area is 211 Å². The molecule has 0 bridgehead atoms. The topological polar surface area (TPSA) is 95.5 Å². The van der Waals surface area contributed by atoms with Gasteiger partial charge in [0.15, 0.2) is 0 Å². The number of hydrogen-bond donors (Lipinski definition) is 1. The van der Waals surface area contributed by atoms with Crippen LogP contribution < -0.4 is 15.2 Å². The fraction of sp³-hybridized carbons (Fsp3) is 0.261. The van der Waals surface area contributed by atoms with Crippen LogP contribution in [0.5, 0.6) is 11.5 Å². The Morgan fingerprint density at radius 3 is 2.53 bits per heavy atom. The van der Waals surface area contributed by atoms with E-state index >= 15 is 0 Å². The van der Waals surface area contributed by atoms with Crippen molar-refractivity contribution in [3.05, 3.63) is 51.2 Å². The molecule has 11 heteroatoms. The number of carbonyl (C=O) groups is 1. The first kappa shape index (κ1) is 24.0. The number of nitrogens with two attached hydrogens (primary N) is 1. The summed E-state index contributed by atoms with van der Waals surface area (Å²) in [6, 6.07) is 1.46. The van der Waals surface area contributed by atoms with Crippen molar-refractivity contribution in [3.8, 4) is 23.3 Å². The average Bonchev–Trinajstić information content (AvgIpc) is 3.47. The van der Waals surface area contributed by atoms with Crippen LogP contribution in [0.1, 0.15) is 23.7 Å². The summed E-state index contributed by atoms with van der Waals surface area (Å²) in [6.07, 6.45) is 3.45. The number of fused-ring (bicyclic) bond motifs is 1. The predicted molar refractivity (Wildman–Crippen MR) is 133 cm³/mol. The minimum absolute atomic E-state index is 0.120. The number of nitrogens with zero attached hydrogens (tertiary/aromatic N) is 4. The molecule has 1 atom stereocenters. The number of carbonyl (C=O) groups excluding carboxylic acids is 1. The van der Waals surface area contributed by atoms with Gasteiger partial charge in [0.2, 0.25) is 5.91 Å². The van der Waals surface area contributed by atoms with Crippen molar-refractivity contribution < 1.29 is 14.3 Å². The molecular weight excluding hydrogens is 501 g/mol. The number of halogens is 3. The molecule has 2 aromatic heterocycles. The molecule has 3 aromatic rings. The molecule has 1 amide bonds. The smallest absolute Gasteiger partial charge is 0.246 e. The van der Waals surface area contributed by atoms with Gasteiger partial charge in [-0.05, 0) is 18.4 Å². The molecule has 1 aliphatic heterocycles. The molecule has 2 N–H and O–H groups in total. The Morgan fingerprint density at radius 1 is 1.24 bits per heavy atom. The lowest BCUT2D eigenvalue weighted by atomic mass is 10.1. The van der Waals surface area contributed by atoms with E-state index in [1.165, 1.54) is 26.5 Å². The van der Waals surface area contributed by atoms with Crippen molar-refractivity contribution in [3.63, 3.8) is 0 Å². The Hall–Kier alpha value is -3.12. The Morgan fingerprint density at radius 2 is 1.91 bits per heavy atom. The van der Waals surface area contributed by atoms with Crippen LogP contribution in [-0.4, -0.2) is 52.9 Å². The quantitative estimate of drug-likeness (QED) is 0.406. The molecule has 1 aliphatic rings. The van der Waals surface area contributed by atoms with E-state index in [9.17, 15) is 4.79 Å². The van der Waals surface area contributed by atoms with E-state index < -0.39 is 0 Å². The molecule has 1 fully saturated rings. The first-order valence-electron chi connectivity index (χ1n) is 10.2. The molecule has 1 aromatic carbocycles. The van der Waals surface area contributed by atoms with Gasteiger partial charge in [-0.3, -0.25) is 9.48 Å². The van der Waals surface area contributed by atoms with Crippen LogP contribution >= 0.6 is 34.8 Å². The van der Waals surface area contributed by atoms with E-state index in [2.05, 4.69) is 23.4 Å². The zero-order chi connectivity index (χ0) is 24.6. The minimum atomic E-state index is -0.137. The summed E-state index contributed by atoms with van der Waals surface area (Å²) >= 11 is 19.4. The molecule has 176 valence electrons. The lowest BCUT2D eigenvalue weighted by molar-refractivity contribution is -0.125. The normalized spacial score (nSPS) is 15.2. The van der Waals surface area contributed by atoms with Crippen LogP contribution in [0.3, 0.4) is 0 Å². The summed E-state index contributed by atoms with van der Waals surface area (Å²) < 4.78 is 12.4. The molecule has 0 radical (unpaired) electrons. The molecule has 0 aliphatic carbocycles. The number of pyridine rings is 1. The van der Waals surface area contributed by atoms with Crippen molar-refractivity contribution in [2.24, 2.45) is 0 Å². The summed E-state index contributed by atoms with van der Waals surface area (Å²) in [5.41, 5.74) is 7.46. The van der Waals surface area contributed by atoms with Gasteiger partial charge in [-0.15, -0.1) is 0 Å². The lowest BCUT2D eigenvalue weighted by Crippen LogP contribution is -2.27. The summed E-state index contributed by atoms with van der Waals surface area (Å²) in [5.74, 6) is 6.80. The largest absolute Gasteiger partial charge is 0.495 e. The molecule has 1 saturated heterocycles. The van der Waals surface area contributed by atoms with E-state index in [1.807, 2.05) is 0 Å². The number of methoxy groups -OCH3 is 2. The monoisotopic (exact) mass is 519 g/mol. The average molecular weight is 521 g/mol. The molecular formula is C23H20Cl3N5O3. The second-order valence-corrected chi connectivity index (χ2v) is 8.64. The maximum absolute atomic E-state index is 12.1. The standard InChI is InChI=1S/C23H20Cl3N5O3/c1-4-18(32)30-8-7-12(11-30)31-22-14(24)10-28-23(27)19(22)15(29-31)6-5-13-20(25)16(33-2)9-17(34-3)21(13)26/h4,9-10,12H,1,7-8,11H2,2-3H3,(H2,27,28)/t12-/m0/s1. The van der Waals surface area contributed by atoms with E-state index in [4.69, 9.17) is 55.1 Å². The Kier molecular flexibility index (Phi) is 6.80. The minimum Gasteiger partial charge on any atom is -0.495 e. The van der Waals surface area contributed by atoms with Crippen molar-refractivity contribution in [2.45, 2.75) is 12.5 Å². The maximum Gasteiger partial charge on any atom is 0.246 e. The third-order valence-electron chi connectivity index (χ3n) is 5.58. The number of benzene rings is 1. The van der Waals surface area contributed by atoms with Crippen LogP contribution in [0.2, 0.25) is 15.1 Å². The van der Waals surface area contributed by atoms with Gasteiger partial charge in [0.05, 0.1) is 58.0 Å². The summed E-state index contributed by atoms with van der Waals surface area (Å²) in [4.78, 5) is 17.9. The fourth-order valence-corrected chi connectivity index (χ4v) is 4.72. The number of amides is 1. The number of hydrogen-bond acceptors (Lipinski definition) is 6. The van der Waals surface area contributed by atoms with Gasteiger partial charge >= 0.3 is 0 Å². The summed E-state index contributed by atoms with van der Waals surface area (Å²) in [5, 5.41) is 6.06. The molecule has 0 spiro atoms. The highest BCUT2D eigenvalue weighted by atomic mass is 35.5. The molecule has 0 unspecified atom stereocenters. The second-order valence-electron chi connectivity index (χ2n) is 7.47. The number of aromatic nitrogens is 3. The second kappa shape index (κ2) is 9.63. The summed E-state index contributed by atoms with van der Waals surface area (Å²) in [6.45, 7) is 4.59. The van der Waals surface area contributed by atoms with Gasteiger partial charge in [0, 0.05) is 19.2 Å². The van der Waals surface area contributed by atoms with Crippen LogP contribution in [-0.2, 0) is 4.79 Å². The Bertz CT molecular complexity index is 1350. The molecule has 0 saturated carbocycles. The zero-order valence-corrected chi connectivity index (χ0v) is 20.6. The van der Waals surface area contributed by atoms with E-state index in [0.717, 1.165) is 0 Å². The highest BCUT2D eigenvalue weighted by molar-refractivity contribution is 6.38. The van der Waals surface area contributed by atoms with Crippen molar-refractivity contribution in [2.75, 3.05) is 33.0 Å². The van der Waals surface area contributed by atoms with Crippen LogP contribution in [0.15, 0.2) is 24.9 Å².